The Bertz CT molecular complexity index is 341. The SMILES string of the molecule is C=CCCN1C[C@@H]2C[C@H](C1)C1CCCC(=O)N1C2. The molecule has 18 heavy (non-hydrogen) atoms. The summed E-state index contributed by atoms with van der Waals surface area (Å²) in [6, 6.07) is 0.550. The quantitative estimate of drug-likeness (QED) is 0.712. The number of fused-ring (bicyclic) bond motifs is 4. The van der Waals surface area contributed by atoms with Crippen LogP contribution in [0.25, 0.3) is 0 Å². The van der Waals surface area contributed by atoms with Crippen LogP contribution in [0.5, 0.6) is 0 Å². The summed E-state index contributed by atoms with van der Waals surface area (Å²) < 4.78 is 0. The summed E-state index contributed by atoms with van der Waals surface area (Å²) in [5.74, 6) is 1.86. The lowest BCUT2D eigenvalue weighted by atomic mass is 9.76. The van der Waals surface area contributed by atoms with Gasteiger partial charge in [-0.25, -0.2) is 0 Å². The van der Waals surface area contributed by atoms with Gasteiger partial charge in [0, 0.05) is 38.6 Å². The van der Waals surface area contributed by atoms with Crippen molar-refractivity contribution in [2.45, 2.75) is 38.1 Å². The van der Waals surface area contributed by atoms with Gasteiger partial charge in [0.2, 0.25) is 5.91 Å². The highest BCUT2D eigenvalue weighted by Crippen LogP contribution is 2.37. The molecule has 0 aliphatic carbocycles. The van der Waals surface area contributed by atoms with E-state index < -0.39 is 0 Å². The summed E-state index contributed by atoms with van der Waals surface area (Å²) in [6.07, 6.45) is 7.58. The summed E-state index contributed by atoms with van der Waals surface area (Å²) in [5.41, 5.74) is 0. The van der Waals surface area contributed by atoms with Gasteiger partial charge in [-0.05, 0) is 37.5 Å². The molecule has 3 atom stereocenters. The molecule has 0 aromatic carbocycles. The molecule has 3 nitrogen and oxygen atoms in total. The third-order valence-electron chi connectivity index (χ3n) is 4.90. The zero-order valence-corrected chi connectivity index (χ0v) is 11.2. The van der Waals surface area contributed by atoms with Crippen LogP contribution in [0.2, 0.25) is 0 Å². The van der Waals surface area contributed by atoms with E-state index in [0.29, 0.717) is 17.9 Å². The fourth-order valence-electron chi connectivity index (χ4n) is 4.17. The minimum atomic E-state index is 0.417. The molecule has 0 aromatic heterocycles. The van der Waals surface area contributed by atoms with Gasteiger partial charge in [-0.1, -0.05) is 6.08 Å². The second-order valence-corrected chi connectivity index (χ2v) is 6.20. The first-order valence-corrected chi connectivity index (χ1v) is 7.40. The number of likely N-dealkylation sites (tertiary alicyclic amines) is 1. The predicted molar refractivity (Wildman–Crippen MR) is 72.2 cm³/mol. The summed E-state index contributed by atoms with van der Waals surface area (Å²) in [7, 11) is 0. The predicted octanol–water partition coefficient (Wildman–Crippen LogP) is 1.90. The van der Waals surface area contributed by atoms with Crippen molar-refractivity contribution in [3.05, 3.63) is 12.7 Å². The average Bonchev–Trinajstić information content (AvgIpc) is 2.38. The number of carbonyl (C=O) groups is 1. The van der Waals surface area contributed by atoms with Crippen LogP contribution in [0.4, 0.5) is 0 Å². The minimum Gasteiger partial charge on any atom is -0.339 e. The van der Waals surface area contributed by atoms with Crippen LogP contribution in [-0.2, 0) is 4.79 Å². The Morgan fingerprint density at radius 1 is 1.33 bits per heavy atom. The van der Waals surface area contributed by atoms with Gasteiger partial charge < -0.3 is 9.80 Å². The van der Waals surface area contributed by atoms with E-state index in [1.807, 2.05) is 6.08 Å². The molecule has 3 rings (SSSR count). The smallest absolute Gasteiger partial charge is 0.222 e. The second-order valence-electron chi connectivity index (χ2n) is 6.20. The molecule has 3 heterocycles. The first-order valence-electron chi connectivity index (χ1n) is 7.40. The minimum absolute atomic E-state index is 0.417. The van der Waals surface area contributed by atoms with Gasteiger partial charge in [0.05, 0.1) is 0 Å². The van der Waals surface area contributed by atoms with Gasteiger partial charge in [-0.2, -0.15) is 0 Å². The topological polar surface area (TPSA) is 23.6 Å². The molecule has 3 fully saturated rings. The van der Waals surface area contributed by atoms with E-state index in [1.54, 1.807) is 0 Å². The number of nitrogens with zero attached hydrogens (tertiary/aromatic N) is 2. The lowest BCUT2D eigenvalue weighted by molar-refractivity contribution is -0.144. The fourth-order valence-corrected chi connectivity index (χ4v) is 4.17. The molecule has 0 saturated carbocycles. The van der Waals surface area contributed by atoms with Crippen molar-refractivity contribution in [2.24, 2.45) is 11.8 Å². The number of piperidine rings is 3. The molecular formula is C15H24N2O. The molecule has 3 heteroatoms. The zero-order chi connectivity index (χ0) is 12.5. The van der Waals surface area contributed by atoms with Crippen molar-refractivity contribution in [3.63, 3.8) is 0 Å². The molecule has 0 spiro atoms. The van der Waals surface area contributed by atoms with Gasteiger partial charge in [0.15, 0.2) is 0 Å². The van der Waals surface area contributed by atoms with Crippen molar-refractivity contribution < 1.29 is 4.79 Å². The Morgan fingerprint density at radius 2 is 2.22 bits per heavy atom. The van der Waals surface area contributed by atoms with Crippen LogP contribution in [0.15, 0.2) is 12.7 Å². The number of carbonyl (C=O) groups excluding carboxylic acids is 1. The van der Waals surface area contributed by atoms with E-state index in [0.717, 1.165) is 38.3 Å². The Labute approximate surface area is 110 Å². The third kappa shape index (κ3) is 2.20. The molecule has 0 aromatic rings. The highest BCUT2D eigenvalue weighted by atomic mass is 16.2. The van der Waals surface area contributed by atoms with Crippen LogP contribution in [0, 0.1) is 11.8 Å². The van der Waals surface area contributed by atoms with Crippen molar-refractivity contribution in [2.75, 3.05) is 26.2 Å². The van der Waals surface area contributed by atoms with Crippen molar-refractivity contribution in [1.29, 1.82) is 0 Å². The standard InChI is InChI=1S/C15H24N2O/c1-2-3-7-16-9-12-8-13(11-16)14-5-4-6-15(18)17(14)10-12/h2,12-14H,1,3-11H2/t12-,13+,14?/m0/s1. The Balaban J connectivity index is 1.68. The summed E-state index contributed by atoms with van der Waals surface area (Å²) in [4.78, 5) is 16.8. The molecule has 1 amide bonds. The average molecular weight is 248 g/mol. The Hall–Kier alpha value is -0.830. The molecule has 0 N–H and O–H groups in total. The Kier molecular flexibility index (Phi) is 3.42. The van der Waals surface area contributed by atoms with Crippen LogP contribution < -0.4 is 0 Å². The number of hydrogen-bond acceptors (Lipinski definition) is 2. The monoisotopic (exact) mass is 248 g/mol. The molecule has 100 valence electrons. The zero-order valence-electron chi connectivity index (χ0n) is 11.2. The van der Waals surface area contributed by atoms with Gasteiger partial charge >= 0.3 is 0 Å². The molecule has 2 bridgehead atoms. The second kappa shape index (κ2) is 5.04. The van der Waals surface area contributed by atoms with Crippen molar-refractivity contribution >= 4 is 5.91 Å². The molecule has 3 saturated heterocycles. The van der Waals surface area contributed by atoms with Crippen LogP contribution in [0.3, 0.4) is 0 Å². The molecule has 1 unspecified atom stereocenters. The molecule has 3 aliphatic rings. The van der Waals surface area contributed by atoms with Crippen LogP contribution in [-0.4, -0.2) is 47.9 Å². The van der Waals surface area contributed by atoms with Gasteiger partial charge in [-0.15, -0.1) is 6.58 Å². The van der Waals surface area contributed by atoms with Crippen LogP contribution in [0.1, 0.15) is 32.1 Å². The van der Waals surface area contributed by atoms with Gasteiger partial charge in [-0.3, -0.25) is 4.79 Å². The fraction of sp³-hybridized carbons (Fsp3) is 0.800. The van der Waals surface area contributed by atoms with Crippen molar-refractivity contribution in [1.82, 2.24) is 9.80 Å². The van der Waals surface area contributed by atoms with E-state index in [9.17, 15) is 4.79 Å². The lowest BCUT2D eigenvalue weighted by Crippen LogP contribution is -2.60. The van der Waals surface area contributed by atoms with E-state index in [4.69, 9.17) is 0 Å². The number of rotatable bonds is 3. The number of amides is 1. The number of hydrogen-bond donors (Lipinski definition) is 0. The van der Waals surface area contributed by atoms with E-state index >= 15 is 0 Å². The maximum Gasteiger partial charge on any atom is 0.222 e. The highest BCUT2D eigenvalue weighted by Gasteiger charge is 2.43. The van der Waals surface area contributed by atoms with Gasteiger partial charge in [0.25, 0.3) is 0 Å². The van der Waals surface area contributed by atoms with Crippen molar-refractivity contribution in [3.8, 4) is 0 Å². The molecule has 0 radical (unpaired) electrons. The largest absolute Gasteiger partial charge is 0.339 e. The van der Waals surface area contributed by atoms with E-state index in [1.165, 1.54) is 25.9 Å². The van der Waals surface area contributed by atoms with E-state index in [-0.39, 0.29) is 0 Å². The third-order valence-corrected chi connectivity index (χ3v) is 4.90. The van der Waals surface area contributed by atoms with E-state index in [2.05, 4.69) is 16.4 Å². The summed E-state index contributed by atoms with van der Waals surface area (Å²) >= 11 is 0. The normalized spacial score (nSPS) is 36.3. The highest BCUT2D eigenvalue weighted by molar-refractivity contribution is 5.77. The Morgan fingerprint density at radius 3 is 3.06 bits per heavy atom. The summed E-state index contributed by atoms with van der Waals surface area (Å²) in [5, 5.41) is 0. The molecular weight excluding hydrogens is 224 g/mol. The first kappa shape index (κ1) is 12.2. The lowest BCUT2D eigenvalue weighted by Gasteiger charge is -2.52. The maximum absolute atomic E-state index is 12.0. The summed E-state index contributed by atoms with van der Waals surface area (Å²) in [6.45, 7) is 8.36. The maximum atomic E-state index is 12.0. The first-order chi connectivity index (χ1) is 8.78. The molecule has 3 aliphatic heterocycles. The van der Waals surface area contributed by atoms with Crippen LogP contribution >= 0.6 is 0 Å². The van der Waals surface area contributed by atoms with Gasteiger partial charge in [0.1, 0.15) is 0 Å².